The molecule has 0 spiro atoms. The molecule has 0 radical (unpaired) electrons. The number of thioether (sulfide) groups is 1. The molecule has 140 valence electrons. The maximum atomic E-state index is 12.9. The van der Waals surface area contributed by atoms with Crippen LogP contribution in [0.2, 0.25) is 0 Å². The summed E-state index contributed by atoms with van der Waals surface area (Å²) in [5.74, 6) is 1.26. The van der Waals surface area contributed by atoms with E-state index in [0.29, 0.717) is 13.0 Å². The normalized spacial score (nSPS) is 18.6. The van der Waals surface area contributed by atoms with E-state index in [1.54, 1.807) is 23.3 Å². The number of carbonyl (C=O) groups is 1. The zero-order valence-electron chi connectivity index (χ0n) is 14.5. The summed E-state index contributed by atoms with van der Waals surface area (Å²) in [6.45, 7) is 0.472. The maximum Gasteiger partial charge on any atom is 0.233 e. The number of thiophene rings is 1. The standard InChI is InChI=1S/C18H21NO4S3/c1-23-15-4-6-16(7-5-15)25-12-18(20)19(11-17-3-2-9-24-17)14-8-10-26(21,22)13-14/h2-7,9,14H,8,10-13H2,1H3/t14-/m1/s1. The van der Waals surface area contributed by atoms with Crippen LogP contribution in [0.4, 0.5) is 0 Å². The Hall–Kier alpha value is -1.51. The molecule has 1 aromatic carbocycles. The molecular weight excluding hydrogens is 390 g/mol. The predicted molar refractivity (Wildman–Crippen MR) is 106 cm³/mol. The van der Waals surface area contributed by atoms with Crippen molar-refractivity contribution in [1.29, 1.82) is 0 Å². The first-order chi connectivity index (χ1) is 12.5. The van der Waals surface area contributed by atoms with Crippen molar-refractivity contribution in [2.45, 2.75) is 23.9 Å². The molecule has 5 nitrogen and oxygen atoms in total. The number of amides is 1. The molecule has 2 heterocycles. The lowest BCUT2D eigenvalue weighted by molar-refractivity contribution is -0.130. The van der Waals surface area contributed by atoms with Gasteiger partial charge < -0.3 is 9.64 Å². The molecule has 1 amide bonds. The van der Waals surface area contributed by atoms with Gasteiger partial charge in [0, 0.05) is 15.8 Å². The second-order valence-corrected chi connectivity index (χ2v) is 10.4. The van der Waals surface area contributed by atoms with Crippen LogP contribution in [0, 0.1) is 0 Å². The highest BCUT2D eigenvalue weighted by molar-refractivity contribution is 8.00. The summed E-state index contributed by atoms with van der Waals surface area (Å²) < 4.78 is 28.9. The Kier molecular flexibility index (Phi) is 6.26. The molecule has 0 N–H and O–H groups in total. The Morgan fingerprint density at radius 3 is 2.65 bits per heavy atom. The molecule has 2 aromatic rings. The average molecular weight is 412 g/mol. The van der Waals surface area contributed by atoms with E-state index in [-0.39, 0.29) is 29.2 Å². The first-order valence-electron chi connectivity index (χ1n) is 8.26. The van der Waals surface area contributed by atoms with Gasteiger partial charge in [0.15, 0.2) is 9.84 Å². The zero-order valence-corrected chi connectivity index (χ0v) is 16.9. The highest BCUT2D eigenvalue weighted by atomic mass is 32.2. The van der Waals surface area contributed by atoms with Crippen LogP contribution < -0.4 is 4.74 Å². The Balaban J connectivity index is 1.67. The molecular formula is C18H21NO4S3. The van der Waals surface area contributed by atoms with Crippen LogP contribution in [0.25, 0.3) is 0 Å². The monoisotopic (exact) mass is 411 g/mol. The van der Waals surface area contributed by atoms with Crippen molar-refractivity contribution in [1.82, 2.24) is 4.90 Å². The van der Waals surface area contributed by atoms with Crippen molar-refractivity contribution in [2.75, 3.05) is 24.4 Å². The second-order valence-electron chi connectivity index (χ2n) is 6.12. The summed E-state index contributed by atoms with van der Waals surface area (Å²) in [7, 11) is -1.42. The van der Waals surface area contributed by atoms with E-state index in [2.05, 4.69) is 0 Å². The lowest BCUT2D eigenvalue weighted by Crippen LogP contribution is -2.41. The minimum atomic E-state index is -3.04. The quantitative estimate of drug-likeness (QED) is 0.655. The van der Waals surface area contributed by atoms with Crippen LogP contribution in [-0.4, -0.2) is 49.6 Å². The smallest absolute Gasteiger partial charge is 0.233 e. The van der Waals surface area contributed by atoms with Gasteiger partial charge in [-0.15, -0.1) is 23.1 Å². The number of carbonyl (C=O) groups excluding carboxylic acids is 1. The van der Waals surface area contributed by atoms with Crippen molar-refractivity contribution >= 4 is 38.8 Å². The van der Waals surface area contributed by atoms with Gasteiger partial charge in [-0.25, -0.2) is 8.42 Å². The van der Waals surface area contributed by atoms with Gasteiger partial charge >= 0.3 is 0 Å². The van der Waals surface area contributed by atoms with Crippen LogP contribution in [0.5, 0.6) is 5.75 Å². The van der Waals surface area contributed by atoms with Crippen molar-refractivity contribution in [3.63, 3.8) is 0 Å². The Labute approximate surface area is 162 Å². The summed E-state index contributed by atoms with van der Waals surface area (Å²) >= 11 is 3.04. The number of ether oxygens (including phenoxy) is 1. The van der Waals surface area contributed by atoms with E-state index in [9.17, 15) is 13.2 Å². The lowest BCUT2D eigenvalue weighted by Gasteiger charge is -2.28. The largest absolute Gasteiger partial charge is 0.497 e. The van der Waals surface area contributed by atoms with E-state index >= 15 is 0 Å². The van der Waals surface area contributed by atoms with E-state index in [0.717, 1.165) is 15.5 Å². The molecule has 1 saturated heterocycles. The van der Waals surface area contributed by atoms with Gasteiger partial charge in [-0.2, -0.15) is 0 Å². The molecule has 3 rings (SSSR count). The number of rotatable bonds is 7. The number of nitrogens with zero attached hydrogens (tertiary/aromatic N) is 1. The van der Waals surface area contributed by atoms with Gasteiger partial charge in [0.25, 0.3) is 0 Å². The number of hydrogen-bond acceptors (Lipinski definition) is 6. The van der Waals surface area contributed by atoms with Crippen LogP contribution >= 0.6 is 23.1 Å². The molecule has 1 aliphatic heterocycles. The fourth-order valence-electron chi connectivity index (χ4n) is 2.91. The molecule has 0 unspecified atom stereocenters. The van der Waals surface area contributed by atoms with Gasteiger partial charge in [-0.05, 0) is 42.1 Å². The Morgan fingerprint density at radius 1 is 1.31 bits per heavy atom. The van der Waals surface area contributed by atoms with Crippen molar-refractivity contribution < 1.29 is 17.9 Å². The molecule has 1 fully saturated rings. The first-order valence-corrected chi connectivity index (χ1v) is 11.9. The molecule has 1 aromatic heterocycles. The first kappa shape index (κ1) is 19.3. The lowest BCUT2D eigenvalue weighted by atomic mass is 10.2. The second kappa shape index (κ2) is 8.45. The number of benzene rings is 1. The third-order valence-electron chi connectivity index (χ3n) is 4.30. The van der Waals surface area contributed by atoms with Gasteiger partial charge in [0.2, 0.25) is 5.91 Å². The third-order valence-corrected chi connectivity index (χ3v) is 7.91. The fraction of sp³-hybridized carbons (Fsp3) is 0.389. The Morgan fingerprint density at radius 2 is 2.08 bits per heavy atom. The van der Waals surface area contributed by atoms with Crippen LogP contribution in [0.3, 0.4) is 0 Å². The number of sulfone groups is 1. The summed E-state index contributed by atoms with van der Waals surface area (Å²) in [4.78, 5) is 16.6. The maximum absolute atomic E-state index is 12.9. The summed E-state index contributed by atoms with van der Waals surface area (Å²) in [6.07, 6.45) is 0.520. The summed E-state index contributed by atoms with van der Waals surface area (Å²) in [5, 5.41) is 1.97. The van der Waals surface area contributed by atoms with E-state index in [1.807, 2.05) is 41.8 Å². The molecule has 0 saturated carbocycles. The molecule has 26 heavy (non-hydrogen) atoms. The highest BCUT2D eigenvalue weighted by Gasteiger charge is 2.34. The topological polar surface area (TPSA) is 63.7 Å². The molecule has 0 aliphatic carbocycles. The van der Waals surface area contributed by atoms with Crippen LogP contribution in [0.1, 0.15) is 11.3 Å². The van der Waals surface area contributed by atoms with Gasteiger partial charge in [-0.3, -0.25) is 4.79 Å². The SMILES string of the molecule is COc1ccc(SCC(=O)N(Cc2cccs2)[C@@H]2CCS(=O)(=O)C2)cc1. The molecule has 8 heteroatoms. The summed E-state index contributed by atoms with van der Waals surface area (Å²) in [5.41, 5.74) is 0. The van der Waals surface area contributed by atoms with Gasteiger partial charge in [0.05, 0.1) is 30.9 Å². The predicted octanol–water partition coefficient (Wildman–Crippen LogP) is 3.06. The van der Waals surface area contributed by atoms with Gasteiger partial charge in [0.1, 0.15) is 5.75 Å². The fourth-order valence-corrected chi connectivity index (χ4v) is 6.13. The van der Waals surface area contributed by atoms with Crippen LogP contribution in [-0.2, 0) is 21.2 Å². The van der Waals surface area contributed by atoms with Crippen LogP contribution in [0.15, 0.2) is 46.7 Å². The van der Waals surface area contributed by atoms with Gasteiger partial charge in [-0.1, -0.05) is 6.07 Å². The highest BCUT2D eigenvalue weighted by Crippen LogP contribution is 2.25. The van der Waals surface area contributed by atoms with E-state index in [1.165, 1.54) is 11.8 Å². The summed E-state index contributed by atoms with van der Waals surface area (Å²) in [6, 6.07) is 11.2. The number of methoxy groups -OCH3 is 1. The van der Waals surface area contributed by atoms with Crippen molar-refractivity contribution in [3.05, 3.63) is 46.7 Å². The minimum absolute atomic E-state index is 0.0266. The van der Waals surface area contributed by atoms with E-state index < -0.39 is 9.84 Å². The zero-order chi connectivity index (χ0) is 18.6. The number of hydrogen-bond donors (Lipinski definition) is 0. The van der Waals surface area contributed by atoms with E-state index in [4.69, 9.17) is 4.74 Å². The minimum Gasteiger partial charge on any atom is -0.497 e. The Bertz CT molecular complexity index is 832. The average Bonchev–Trinajstić information content (AvgIpc) is 3.27. The molecule has 1 atom stereocenters. The molecule has 0 bridgehead atoms. The third kappa shape index (κ3) is 5.02. The van der Waals surface area contributed by atoms with Crippen molar-refractivity contribution in [2.24, 2.45) is 0 Å². The van der Waals surface area contributed by atoms with Crippen molar-refractivity contribution in [3.8, 4) is 5.75 Å². The molecule has 1 aliphatic rings.